The van der Waals surface area contributed by atoms with Gasteiger partial charge in [0.2, 0.25) is 5.91 Å². The van der Waals surface area contributed by atoms with E-state index in [0.717, 1.165) is 22.4 Å². The highest BCUT2D eigenvalue weighted by Gasteiger charge is 2.31. The second-order valence-corrected chi connectivity index (χ2v) is 6.52. The number of carbonyl (C=O) groups excluding carboxylic acids is 1. The Kier molecular flexibility index (Phi) is 3.62. The molecule has 3 aromatic rings. The molecule has 0 radical (unpaired) electrons. The van der Waals surface area contributed by atoms with Crippen molar-refractivity contribution in [2.24, 2.45) is 0 Å². The molecule has 4 nitrogen and oxygen atoms in total. The first-order valence-electron chi connectivity index (χ1n) is 7.82. The molecule has 2 N–H and O–H groups in total. The number of fused-ring (bicyclic) bond motifs is 1. The van der Waals surface area contributed by atoms with Crippen LogP contribution in [0, 0.1) is 6.92 Å². The van der Waals surface area contributed by atoms with Gasteiger partial charge < -0.3 is 5.32 Å². The van der Waals surface area contributed by atoms with E-state index in [0.29, 0.717) is 17.3 Å². The van der Waals surface area contributed by atoms with Crippen molar-refractivity contribution in [1.29, 1.82) is 0 Å². The van der Waals surface area contributed by atoms with Gasteiger partial charge in [-0.25, -0.2) is 0 Å². The van der Waals surface area contributed by atoms with Gasteiger partial charge in [-0.05, 0) is 24.6 Å². The number of anilines is 1. The van der Waals surface area contributed by atoms with Crippen molar-refractivity contribution in [3.05, 3.63) is 70.2 Å². The van der Waals surface area contributed by atoms with E-state index in [2.05, 4.69) is 46.7 Å². The topological polar surface area (TPSA) is 57.8 Å². The number of aromatic nitrogens is 2. The summed E-state index contributed by atoms with van der Waals surface area (Å²) in [4.78, 5) is 12.1. The highest BCUT2D eigenvalue weighted by atomic mass is 35.5. The summed E-state index contributed by atoms with van der Waals surface area (Å²) in [6.45, 7) is 2.06. The van der Waals surface area contributed by atoms with Gasteiger partial charge >= 0.3 is 0 Å². The Morgan fingerprint density at radius 1 is 1.08 bits per heavy atom. The number of H-pyrrole nitrogens is 1. The predicted molar refractivity (Wildman–Crippen MR) is 95.3 cm³/mol. The highest BCUT2D eigenvalue weighted by molar-refractivity contribution is 6.30. The molecule has 1 aliphatic rings. The molecule has 0 fully saturated rings. The van der Waals surface area contributed by atoms with Gasteiger partial charge in [0.25, 0.3) is 0 Å². The fourth-order valence-electron chi connectivity index (χ4n) is 3.18. The van der Waals surface area contributed by atoms with E-state index >= 15 is 0 Å². The highest BCUT2D eigenvalue weighted by Crippen LogP contribution is 2.41. The number of aryl methyl sites for hydroxylation is 1. The van der Waals surface area contributed by atoms with Crippen LogP contribution in [0.5, 0.6) is 0 Å². The lowest BCUT2D eigenvalue weighted by Crippen LogP contribution is -2.23. The number of aromatic amines is 1. The molecule has 120 valence electrons. The van der Waals surface area contributed by atoms with Crippen molar-refractivity contribution in [3.63, 3.8) is 0 Å². The number of amides is 1. The van der Waals surface area contributed by atoms with Crippen molar-refractivity contribution >= 4 is 23.3 Å². The molecular formula is C19H16ClN3O. The van der Waals surface area contributed by atoms with E-state index in [1.807, 2.05) is 24.3 Å². The van der Waals surface area contributed by atoms with Crippen molar-refractivity contribution in [1.82, 2.24) is 10.2 Å². The third-order valence-electron chi connectivity index (χ3n) is 4.41. The Morgan fingerprint density at radius 3 is 2.50 bits per heavy atom. The zero-order chi connectivity index (χ0) is 16.7. The van der Waals surface area contributed by atoms with E-state index in [-0.39, 0.29) is 11.8 Å². The number of hydrogen-bond acceptors (Lipinski definition) is 2. The summed E-state index contributed by atoms with van der Waals surface area (Å²) in [5.41, 5.74) is 5.27. The smallest absolute Gasteiger partial charge is 0.226 e. The Labute approximate surface area is 144 Å². The number of halogens is 1. The Bertz CT molecular complexity index is 897. The van der Waals surface area contributed by atoms with Gasteiger partial charge in [0.15, 0.2) is 5.82 Å². The minimum Gasteiger partial charge on any atom is -0.309 e. The number of rotatable bonds is 2. The molecule has 24 heavy (non-hydrogen) atoms. The van der Waals surface area contributed by atoms with Crippen LogP contribution < -0.4 is 5.32 Å². The molecule has 4 rings (SSSR count). The minimum absolute atomic E-state index is 0.0118. The summed E-state index contributed by atoms with van der Waals surface area (Å²) < 4.78 is 0. The quantitative estimate of drug-likeness (QED) is 0.722. The number of nitrogens with zero attached hydrogens (tertiary/aromatic N) is 1. The van der Waals surface area contributed by atoms with Crippen molar-refractivity contribution in [2.45, 2.75) is 19.3 Å². The third kappa shape index (κ3) is 2.59. The summed E-state index contributed by atoms with van der Waals surface area (Å²) in [7, 11) is 0. The van der Waals surface area contributed by atoms with Gasteiger partial charge in [-0.1, -0.05) is 53.6 Å². The van der Waals surface area contributed by atoms with Gasteiger partial charge in [-0.3, -0.25) is 9.89 Å². The van der Waals surface area contributed by atoms with Crippen LogP contribution in [0.25, 0.3) is 11.3 Å². The molecule has 0 saturated heterocycles. The second kappa shape index (κ2) is 5.80. The Hall–Kier alpha value is -2.59. The van der Waals surface area contributed by atoms with E-state index in [1.54, 1.807) is 0 Å². The van der Waals surface area contributed by atoms with Gasteiger partial charge in [-0.15, -0.1) is 0 Å². The molecule has 0 spiro atoms. The molecule has 1 aliphatic heterocycles. The van der Waals surface area contributed by atoms with Crippen LogP contribution in [-0.4, -0.2) is 16.1 Å². The van der Waals surface area contributed by atoms with E-state index in [9.17, 15) is 4.79 Å². The lowest BCUT2D eigenvalue weighted by atomic mass is 9.84. The van der Waals surface area contributed by atoms with E-state index < -0.39 is 0 Å². The van der Waals surface area contributed by atoms with Crippen molar-refractivity contribution in [2.75, 3.05) is 5.32 Å². The molecular weight excluding hydrogens is 322 g/mol. The molecule has 0 aliphatic carbocycles. The maximum Gasteiger partial charge on any atom is 0.226 e. The molecule has 2 aromatic carbocycles. The zero-order valence-corrected chi connectivity index (χ0v) is 13.9. The molecule has 1 amide bonds. The van der Waals surface area contributed by atoms with E-state index in [4.69, 9.17) is 11.6 Å². The molecule has 1 atom stereocenters. The Balaban J connectivity index is 1.85. The Morgan fingerprint density at radius 2 is 1.79 bits per heavy atom. The van der Waals surface area contributed by atoms with Gasteiger partial charge in [0.1, 0.15) is 0 Å². The number of carbonyl (C=O) groups is 1. The maximum atomic E-state index is 12.1. The van der Waals surface area contributed by atoms with Crippen LogP contribution in [0.2, 0.25) is 5.02 Å². The second-order valence-electron chi connectivity index (χ2n) is 6.08. The molecule has 1 unspecified atom stereocenters. The summed E-state index contributed by atoms with van der Waals surface area (Å²) in [6.07, 6.45) is 0.413. The first kappa shape index (κ1) is 15.0. The summed E-state index contributed by atoms with van der Waals surface area (Å²) in [5, 5.41) is 10.9. The van der Waals surface area contributed by atoms with Crippen LogP contribution in [0.3, 0.4) is 0 Å². The van der Waals surface area contributed by atoms with Gasteiger partial charge in [0, 0.05) is 28.5 Å². The van der Waals surface area contributed by atoms with Crippen LogP contribution >= 0.6 is 11.6 Å². The van der Waals surface area contributed by atoms with E-state index in [1.165, 1.54) is 5.56 Å². The lowest BCUT2D eigenvalue weighted by molar-refractivity contribution is -0.116. The van der Waals surface area contributed by atoms with Crippen molar-refractivity contribution < 1.29 is 4.79 Å². The molecule has 5 heteroatoms. The largest absolute Gasteiger partial charge is 0.309 e. The summed E-state index contributed by atoms with van der Waals surface area (Å²) in [5.74, 6) is 0.586. The summed E-state index contributed by atoms with van der Waals surface area (Å²) >= 11 is 5.99. The fraction of sp³-hybridized carbons (Fsp3) is 0.158. The zero-order valence-electron chi connectivity index (χ0n) is 13.1. The van der Waals surface area contributed by atoms with Crippen LogP contribution in [-0.2, 0) is 4.79 Å². The third-order valence-corrected chi connectivity index (χ3v) is 4.66. The average Bonchev–Trinajstić information content (AvgIpc) is 2.99. The van der Waals surface area contributed by atoms with Crippen LogP contribution in [0.15, 0.2) is 48.5 Å². The molecule has 2 heterocycles. The predicted octanol–water partition coefficient (Wildman–Crippen LogP) is 4.51. The van der Waals surface area contributed by atoms with Crippen LogP contribution in [0.4, 0.5) is 5.82 Å². The van der Waals surface area contributed by atoms with Gasteiger partial charge in [0.05, 0.1) is 5.69 Å². The maximum absolute atomic E-state index is 12.1. The van der Waals surface area contributed by atoms with Crippen molar-refractivity contribution in [3.8, 4) is 11.3 Å². The number of benzene rings is 2. The average molecular weight is 338 g/mol. The number of hydrogen-bond donors (Lipinski definition) is 2. The lowest BCUT2D eigenvalue weighted by Gasteiger charge is -2.23. The monoisotopic (exact) mass is 337 g/mol. The molecule has 0 saturated carbocycles. The molecule has 1 aromatic heterocycles. The first-order chi connectivity index (χ1) is 11.6. The SMILES string of the molecule is Cc1ccc(C2CC(=O)Nc3n[nH]c(-c4ccc(Cl)cc4)c32)cc1. The normalized spacial score (nSPS) is 16.6. The molecule has 0 bridgehead atoms. The fourth-order valence-corrected chi connectivity index (χ4v) is 3.30. The van der Waals surface area contributed by atoms with Crippen LogP contribution in [0.1, 0.15) is 29.0 Å². The number of nitrogens with one attached hydrogen (secondary N) is 2. The van der Waals surface area contributed by atoms with Gasteiger partial charge in [-0.2, -0.15) is 5.10 Å². The standard InChI is InChI=1S/C19H16ClN3O/c1-11-2-4-12(5-3-11)15-10-16(24)21-19-17(15)18(22-23-19)13-6-8-14(20)9-7-13/h2-9,15H,10H2,1H3,(H2,21,22,23,24). The minimum atomic E-state index is -0.0150. The first-order valence-corrected chi connectivity index (χ1v) is 8.20. The summed E-state index contributed by atoms with van der Waals surface area (Å²) in [6, 6.07) is 15.9.